The molecule has 0 bridgehead atoms. The fourth-order valence-electron chi connectivity index (χ4n) is 7.87. The summed E-state index contributed by atoms with van der Waals surface area (Å²) in [5, 5.41) is 31.3. The predicted molar refractivity (Wildman–Crippen MR) is 275 cm³/mol. The number of carbonyl (C=O) groups is 4. The van der Waals surface area contributed by atoms with Crippen molar-refractivity contribution < 1.29 is 58.2 Å². The first-order chi connectivity index (χ1) is 33.6. The summed E-state index contributed by atoms with van der Waals surface area (Å²) >= 11 is 0. The number of allylic oxidation sites excluding steroid dienone is 10. The molecule has 0 radical (unpaired) electrons. The minimum Gasteiger partial charge on any atom is -0.479 e. The second-order valence-corrected chi connectivity index (χ2v) is 18.5. The van der Waals surface area contributed by atoms with Gasteiger partial charge in [0.05, 0.1) is 6.61 Å². The van der Waals surface area contributed by atoms with E-state index < -0.39 is 67.3 Å². The van der Waals surface area contributed by atoms with Crippen LogP contribution in [0, 0.1) is 0 Å². The van der Waals surface area contributed by atoms with E-state index in [2.05, 4.69) is 81.5 Å². The van der Waals surface area contributed by atoms with E-state index in [-0.39, 0.29) is 25.9 Å². The van der Waals surface area contributed by atoms with E-state index in [4.69, 9.17) is 23.7 Å². The summed E-state index contributed by atoms with van der Waals surface area (Å²) in [6.45, 7) is 5.77. The monoisotopic (exact) mass is 973 g/mol. The molecule has 69 heavy (non-hydrogen) atoms. The van der Waals surface area contributed by atoms with Crippen LogP contribution in [0.3, 0.4) is 0 Å². The van der Waals surface area contributed by atoms with Crippen LogP contribution in [0.15, 0.2) is 60.8 Å². The van der Waals surface area contributed by atoms with E-state index in [0.29, 0.717) is 19.3 Å². The van der Waals surface area contributed by atoms with E-state index in [0.717, 1.165) is 128 Å². The molecule has 1 saturated heterocycles. The molecule has 0 aromatic heterocycles. The van der Waals surface area contributed by atoms with Crippen molar-refractivity contribution in [2.75, 3.05) is 13.2 Å². The van der Waals surface area contributed by atoms with Crippen LogP contribution in [0.4, 0.5) is 0 Å². The molecule has 1 rings (SSSR count). The van der Waals surface area contributed by atoms with Gasteiger partial charge in [-0.3, -0.25) is 14.4 Å². The van der Waals surface area contributed by atoms with Crippen LogP contribution in [0.2, 0.25) is 0 Å². The summed E-state index contributed by atoms with van der Waals surface area (Å²) in [4.78, 5) is 50.8. The van der Waals surface area contributed by atoms with Gasteiger partial charge in [-0.1, -0.05) is 191 Å². The third-order valence-corrected chi connectivity index (χ3v) is 12.1. The lowest BCUT2D eigenvalue weighted by Crippen LogP contribution is -2.61. The average molecular weight is 973 g/mol. The highest BCUT2D eigenvalue weighted by Gasteiger charge is 2.50. The summed E-state index contributed by atoms with van der Waals surface area (Å²) < 4.78 is 28.3. The van der Waals surface area contributed by atoms with Gasteiger partial charge in [0.1, 0.15) is 18.8 Å². The number of esters is 3. The van der Waals surface area contributed by atoms with Crippen LogP contribution in [-0.4, -0.2) is 89.2 Å². The largest absolute Gasteiger partial charge is 0.479 e. The van der Waals surface area contributed by atoms with Gasteiger partial charge < -0.3 is 39.0 Å². The molecule has 396 valence electrons. The molecule has 1 heterocycles. The molecule has 1 aliphatic rings. The molecule has 1 aliphatic heterocycles. The number of ether oxygens (including phenoxy) is 5. The standard InChI is InChI=1S/C57H96O12/c1-4-7-10-13-16-19-21-22-23-24-25-26-27-28-30-32-34-37-40-43-49(58)65-46-48(67-50(59)44-41-38-36-33-29-20-17-14-11-8-5-2)47-66-57-55(53(62)52(61)54(69-57)56(63)64)68-51(60)45-42-39-35-31-18-15-12-9-6-3/h7,10,14,16-17,19,22-23,25-26,48,52-55,57,61-62H,4-6,8-9,11-13,15,18,20-21,24,27-47H2,1-3H3,(H,63,64)/b10-7-,17-14-,19-16-,23-22-,26-25-. The lowest BCUT2D eigenvalue weighted by molar-refractivity contribution is -0.301. The molecule has 0 aromatic carbocycles. The zero-order chi connectivity index (χ0) is 50.4. The first-order valence-electron chi connectivity index (χ1n) is 27.3. The number of carboxylic acid groups (broad SMARTS) is 1. The van der Waals surface area contributed by atoms with Gasteiger partial charge in [0.25, 0.3) is 0 Å². The Balaban J connectivity index is 2.68. The Morgan fingerprint density at radius 1 is 0.493 bits per heavy atom. The van der Waals surface area contributed by atoms with Gasteiger partial charge in [-0.2, -0.15) is 0 Å². The Labute approximate surface area is 417 Å². The fraction of sp³-hybridized carbons (Fsp3) is 0.754. The van der Waals surface area contributed by atoms with Gasteiger partial charge >= 0.3 is 23.9 Å². The van der Waals surface area contributed by atoms with Gasteiger partial charge in [0.15, 0.2) is 24.6 Å². The first kappa shape index (κ1) is 63.4. The smallest absolute Gasteiger partial charge is 0.335 e. The highest BCUT2D eigenvalue weighted by Crippen LogP contribution is 2.26. The number of aliphatic hydroxyl groups is 2. The van der Waals surface area contributed by atoms with Crippen molar-refractivity contribution in [3.05, 3.63) is 60.8 Å². The Hall–Kier alpha value is -3.58. The SMILES string of the molecule is CC/C=C\C/C=C\C/C=C\C/C=C\CCCCCCCCC(=O)OCC(COC1OC(C(=O)O)C(O)C(O)C1OC(=O)CCCCCCCCCCC)OC(=O)CCCCCCC/C=C\CCCC. The van der Waals surface area contributed by atoms with Crippen molar-refractivity contribution >= 4 is 23.9 Å². The number of hydrogen-bond donors (Lipinski definition) is 3. The molecular formula is C57H96O12. The predicted octanol–water partition coefficient (Wildman–Crippen LogP) is 13.2. The molecule has 12 heteroatoms. The lowest BCUT2D eigenvalue weighted by Gasteiger charge is -2.40. The molecule has 0 spiro atoms. The molecule has 6 unspecified atom stereocenters. The number of unbranched alkanes of at least 4 members (excludes halogenated alkanes) is 21. The second-order valence-electron chi connectivity index (χ2n) is 18.5. The maximum Gasteiger partial charge on any atom is 0.335 e. The van der Waals surface area contributed by atoms with Crippen LogP contribution in [-0.2, 0) is 42.9 Å². The molecule has 0 saturated carbocycles. The Kier molecular flexibility index (Phi) is 41.9. The first-order valence-corrected chi connectivity index (χ1v) is 27.3. The topological polar surface area (TPSA) is 175 Å². The van der Waals surface area contributed by atoms with Crippen LogP contribution >= 0.6 is 0 Å². The molecule has 6 atom stereocenters. The second kappa shape index (κ2) is 45.6. The number of carboxylic acids is 1. The minimum absolute atomic E-state index is 0.0587. The van der Waals surface area contributed by atoms with E-state index in [1.807, 2.05) is 0 Å². The number of rotatable bonds is 45. The van der Waals surface area contributed by atoms with Gasteiger partial charge in [0.2, 0.25) is 0 Å². The molecule has 0 amide bonds. The van der Waals surface area contributed by atoms with Gasteiger partial charge in [-0.25, -0.2) is 4.79 Å². The van der Waals surface area contributed by atoms with Crippen LogP contribution in [0.5, 0.6) is 0 Å². The summed E-state index contributed by atoms with van der Waals surface area (Å²) in [7, 11) is 0. The Morgan fingerprint density at radius 2 is 0.928 bits per heavy atom. The number of carbonyl (C=O) groups excluding carboxylic acids is 3. The maximum absolute atomic E-state index is 13.1. The van der Waals surface area contributed by atoms with Gasteiger partial charge in [-0.05, 0) is 77.0 Å². The van der Waals surface area contributed by atoms with E-state index in [9.17, 15) is 34.5 Å². The number of aliphatic hydroxyl groups excluding tert-OH is 2. The van der Waals surface area contributed by atoms with Crippen LogP contribution in [0.25, 0.3) is 0 Å². The number of hydrogen-bond acceptors (Lipinski definition) is 11. The normalized spacial score (nSPS) is 19.1. The van der Waals surface area contributed by atoms with Crippen molar-refractivity contribution in [3.8, 4) is 0 Å². The van der Waals surface area contributed by atoms with Gasteiger partial charge in [0, 0.05) is 19.3 Å². The molecule has 0 aliphatic carbocycles. The summed E-state index contributed by atoms with van der Waals surface area (Å²) in [6.07, 6.45) is 42.2. The molecule has 3 N–H and O–H groups in total. The summed E-state index contributed by atoms with van der Waals surface area (Å²) in [5.41, 5.74) is 0. The van der Waals surface area contributed by atoms with Gasteiger partial charge in [-0.15, -0.1) is 0 Å². The quantitative estimate of drug-likeness (QED) is 0.0228. The molecular weight excluding hydrogens is 877 g/mol. The number of aliphatic carboxylic acids is 1. The minimum atomic E-state index is -1.90. The summed E-state index contributed by atoms with van der Waals surface area (Å²) in [6, 6.07) is 0. The highest BCUT2D eigenvalue weighted by atomic mass is 16.7. The van der Waals surface area contributed by atoms with Crippen molar-refractivity contribution in [2.24, 2.45) is 0 Å². The Morgan fingerprint density at radius 3 is 1.45 bits per heavy atom. The van der Waals surface area contributed by atoms with E-state index in [1.54, 1.807) is 0 Å². The molecule has 0 aromatic rings. The molecule has 1 fully saturated rings. The fourth-order valence-corrected chi connectivity index (χ4v) is 7.87. The van der Waals surface area contributed by atoms with E-state index >= 15 is 0 Å². The Bertz CT molecular complexity index is 1440. The van der Waals surface area contributed by atoms with Crippen molar-refractivity contribution in [1.82, 2.24) is 0 Å². The maximum atomic E-state index is 13.1. The zero-order valence-electron chi connectivity index (χ0n) is 43.3. The zero-order valence-corrected chi connectivity index (χ0v) is 43.3. The average Bonchev–Trinajstić information content (AvgIpc) is 3.33. The highest BCUT2D eigenvalue weighted by molar-refractivity contribution is 5.74. The summed E-state index contributed by atoms with van der Waals surface area (Å²) in [5.74, 6) is -3.15. The van der Waals surface area contributed by atoms with Crippen LogP contribution in [0.1, 0.15) is 226 Å². The lowest BCUT2D eigenvalue weighted by atomic mass is 9.98. The van der Waals surface area contributed by atoms with Crippen molar-refractivity contribution in [2.45, 2.75) is 263 Å². The third kappa shape index (κ3) is 36.1. The van der Waals surface area contributed by atoms with Crippen molar-refractivity contribution in [1.29, 1.82) is 0 Å². The van der Waals surface area contributed by atoms with E-state index in [1.165, 1.54) is 38.5 Å². The van der Waals surface area contributed by atoms with Crippen molar-refractivity contribution in [3.63, 3.8) is 0 Å². The molecule has 12 nitrogen and oxygen atoms in total. The van der Waals surface area contributed by atoms with Crippen LogP contribution < -0.4 is 0 Å². The third-order valence-electron chi connectivity index (χ3n) is 12.1.